The van der Waals surface area contributed by atoms with Gasteiger partial charge in [-0.1, -0.05) is 60.1 Å². The summed E-state index contributed by atoms with van der Waals surface area (Å²) in [4.78, 5) is 26.5. The van der Waals surface area contributed by atoms with Crippen LogP contribution in [0, 0.1) is 0 Å². The van der Waals surface area contributed by atoms with E-state index in [0.29, 0.717) is 35.6 Å². The molecule has 3 N–H and O–H groups in total. The number of sulfone groups is 1. The topological polar surface area (TPSA) is 116 Å². The van der Waals surface area contributed by atoms with Crippen molar-refractivity contribution in [1.82, 2.24) is 4.90 Å². The summed E-state index contributed by atoms with van der Waals surface area (Å²) in [6.07, 6.45) is 0.427. The van der Waals surface area contributed by atoms with E-state index in [1.54, 1.807) is 24.3 Å². The molecule has 8 nitrogen and oxygen atoms in total. The predicted molar refractivity (Wildman–Crippen MR) is 162 cm³/mol. The molecule has 10 heteroatoms. The molecule has 0 unspecified atom stereocenters. The number of nitrogens with zero attached hydrogens (tertiary/aromatic N) is 1. The van der Waals surface area contributed by atoms with Gasteiger partial charge in [-0.05, 0) is 67.0 Å². The third kappa shape index (κ3) is 6.99. The van der Waals surface area contributed by atoms with E-state index < -0.39 is 15.8 Å². The van der Waals surface area contributed by atoms with Gasteiger partial charge >= 0.3 is 5.97 Å². The van der Waals surface area contributed by atoms with Crippen molar-refractivity contribution in [2.24, 2.45) is 0 Å². The largest absolute Gasteiger partial charge is 0.481 e. The lowest BCUT2D eigenvalue weighted by atomic mass is 9.98. The Kier molecular flexibility index (Phi) is 9.44. The van der Waals surface area contributed by atoms with Gasteiger partial charge in [0.1, 0.15) is 0 Å². The number of fused-ring (bicyclic) bond motifs is 1. The van der Waals surface area contributed by atoms with Gasteiger partial charge in [0.25, 0.3) is 5.91 Å². The SMILES string of the molecule is CCN(CC)CCS(=O)(=O)c1ccc(N/C(=C2\C(=O)Nc3cc(Br)ccc32)c2ccc(CCC(=O)O)cc2)cc1. The van der Waals surface area contributed by atoms with Gasteiger partial charge in [-0.15, -0.1) is 0 Å². The number of hydrogen-bond acceptors (Lipinski definition) is 6. The van der Waals surface area contributed by atoms with Crippen LogP contribution in [-0.4, -0.2) is 55.7 Å². The van der Waals surface area contributed by atoms with Crippen molar-refractivity contribution in [2.45, 2.75) is 31.6 Å². The van der Waals surface area contributed by atoms with Gasteiger partial charge in [-0.25, -0.2) is 8.42 Å². The Morgan fingerprint density at radius 3 is 2.30 bits per heavy atom. The standard InChI is InChI=1S/C30H32BrN3O5S/c1-3-34(4-2)17-18-40(38,39)24-13-11-23(12-14-24)32-29(21-8-5-20(6-9-21)7-16-27(35)36)28-25-15-10-22(31)19-26(25)33-30(28)37/h5-6,8-15,19,32H,3-4,7,16-18H2,1-2H3,(H,33,37)(H,35,36)/b29-28-. The average Bonchev–Trinajstić information content (AvgIpc) is 3.26. The second-order valence-electron chi connectivity index (χ2n) is 9.48. The number of carbonyl (C=O) groups excluding carboxylic acids is 1. The minimum atomic E-state index is -3.45. The molecule has 1 amide bonds. The maximum Gasteiger partial charge on any atom is 0.303 e. The molecule has 4 rings (SSSR count). The number of halogens is 1. The number of nitrogens with one attached hydrogen (secondary N) is 2. The third-order valence-corrected chi connectivity index (χ3v) is 9.10. The van der Waals surface area contributed by atoms with Crippen molar-refractivity contribution in [1.29, 1.82) is 0 Å². The second-order valence-corrected chi connectivity index (χ2v) is 12.5. The van der Waals surface area contributed by atoms with Gasteiger partial charge in [0.2, 0.25) is 0 Å². The molecule has 1 heterocycles. The Hall–Kier alpha value is -3.47. The number of carboxylic acid groups (broad SMARTS) is 1. The number of benzene rings is 3. The minimum Gasteiger partial charge on any atom is -0.481 e. The summed E-state index contributed by atoms with van der Waals surface area (Å²) in [6, 6.07) is 19.5. The Morgan fingerprint density at radius 1 is 1.00 bits per heavy atom. The number of aryl methyl sites for hydroxylation is 1. The Morgan fingerprint density at radius 2 is 1.68 bits per heavy atom. The molecule has 0 bridgehead atoms. The summed E-state index contributed by atoms with van der Waals surface area (Å²) in [5.41, 5.74) is 4.66. The molecule has 210 valence electrons. The van der Waals surface area contributed by atoms with E-state index in [0.717, 1.165) is 34.3 Å². The summed E-state index contributed by atoms with van der Waals surface area (Å²) in [5.74, 6) is -1.09. The number of rotatable bonds is 12. The van der Waals surface area contributed by atoms with Crippen molar-refractivity contribution < 1.29 is 23.1 Å². The van der Waals surface area contributed by atoms with Gasteiger partial charge in [0.05, 0.1) is 27.6 Å². The Labute approximate surface area is 243 Å². The van der Waals surface area contributed by atoms with Crippen molar-refractivity contribution in [3.8, 4) is 0 Å². The molecule has 0 aliphatic carbocycles. The molecule has 1 aliphatic heterocycles. The maximum absolute atomic E-state index is 13.2. The fourth-order valence-corrected chi connectivity index (χ4v) is 6.20. The van der Waals surface area contributed by atoms with Crippen LogP contribution in [0.25, 0.3) is 11.3 Å². The number of carbonyl (C=O) groups is 2. The molecule has 1 aliphatic rings. The fourth-order valence-electron chi connectivity index (χ4n) is 4.56. The van der Waals surface area contributed by atoms with Gasteiger partial charge < -0.3 is 20.6 Å². The normalized spacial score (nSPS) is 14.2. The van der Waals surface area contributed by atoms with Gasteiger partial charge in [-0.2, -0.15) is 0 Å². The van der Waals surface area contributed by atoms with E-state index in [1.165, 1.54) is 0 Å². The molecular formula is C30H32BrN3O5S. The Bertz CT molecular complexity index is 1530. The maximum atomic E-state index is 13.2. The van der Waals surface area contributed by atoms with Gasteiger partial charge in [0.15, 0.2) is 9.84 Å². The average molecular weight is 627 g/mol. The summed E-state index contributed by atoms with van der Waals surface area (Å²) < 4.78 is 26.7. The van der Waals surface area contributed by atoms with E-state index in [1.807, 2.05) is 56.3 Å². The van der Waals surface area contributed by atoms with Crippen molar-refractivity contribution in [2.75, 3.05) is 36.0 Å². The van der Waals surface area contributed by atoms with E-state index in [9.17, 15) is 18.0 Å². The van der Waals surface area contributed by atoms with Crippen LogP contribution < -0.4 is 10.6 Å². The molecule has 0 aromatic heterocycles. The lowest BCUT2D eigenvalue weighted by molar-refractivity contribution is -0.137. The molecule has 0 atom stereocenters. The minimum absolute atomic E-state index is 0.0282. The molecule has 3 aromatic rings. The van der Waals surface area contributed by atoms with Gasteiger partial charge in [0, 0.05) is 28.7 Å². The number of aliphatic carboxylic acids is 1. The highest BCUT2D eigenvalue weighted by Crippen LogP contribution is 2.39. The van der Waals surface area contributed by atoms with E-state index in [2.05, 4.69) is 31.5 Å². The molecule has 0 saturated carbocycles. The zero-order valence-electron chi connectivity index (χ0n) is 22.4. The van der Waals surface area contributed by atoms with Crippen LogP contribution in [0.4, 0.5) is 11.4 Å². The van der Waals surface area contributed by atoms with E-state index >= 15 is 0 Å². The third-order valence-electron chi connectivity index (χ3n) is 6.90. The first-order valence-corrected chi connectivity index (χ1v) is 15.5. The highest BCUT2D eigenvalue weighted by atomic mass is 79.9. The second kappa shape index (κ2) is 12.8. The molecule has 3 aromatic carbocycles. The fraction of sp³-hybridized carbons (Fsp3) is 0.267. The van der Waals surface area contributed by atoms with Crippen molar-refractivity contribution >= 4 is 60.3 Å². The smallest absolute Gasteiger partial charge is 0.303 e. The molecule has 0 spiro atoms. The number of hydrogen-bond donors (Lipinski definition) is 3. The van der Waals surface area contributed by atoms with Crippen LogP contribution in [-0.2, 0) is 25.8 Å². The number of amides is 1. The van der Waals surface area contributed by atoms with Crippen LogP contribution in [0.5, 0.6) is 0 Å². The lowest BCUT2D eigenvalue weighted by Gasteiger charge is -2.18. The highest BCUT2D eigenvalue weighted by molar-refractivity contribution is 9.10. The summed E-state index contributed by atoms with van der Waals surface area (Å²) in [5, 5.41) is 15.3. The van der Waals surface area contributed by atoms with Crippen molar-refractivity contribution in [3.05, 3.63) is 87.9 Å². The molecular weight excluding hydrogens is 594 g/mol. The first kappa shape index (κ1) is 29.5. The van der Waals surface area contributed by atoms with Crippen LogP contribution in [0.2, 0.25) is 0 Å². The van der Waals surface area contributed by atoms with Crippen LogP contribution in [0.1, 0.15) is 37.0 Å². The highest BCUT2D eigenvalue weighted by Gasteiger charge is 2.28. The van der Waals surface area contributed by atoms with Gasteiger partial charge in [-0.3, -0.25) is 9.59 Å². The molecule has 0 saturated heterocycles. The summed E-state index contributed by atoms with van der Waals surface area (Å²) in [7, 11) is -3.45. The van der Waals surface area contributed by atoms with E-state index in [4.69, 9.17) is 5.11 Å². The van der Waals surface area contributed by atoms with Crippen LogP contribution >= 0.6 is 15.9 Å². The number of carboxylic acids is 1. The van der Waals surface area contributed by atoms with Crippen LogP contribution in [0.3, 0.4) is 0 Å². The van der Waals surface area contributed by atoms with Crippen LogP contribution in [0.15, 0.2) is 76.1 Å². The first-order valence-electron chi connectivity index (χ1n) is 13.1. The summed E-state index contributed by atoms with van der Waals surface area (Å²) in [6.45, 7) is 6.07. The monoisotopic (exact) mass is 625 g/mol. The Balaban J connectivity index is 1.67. The molecule has 0 fully saturated rings. The molecule has 40 heavy (non-hydrogen) atoms. The zero-order chi connectivity index (χ0) is 28.9. The van der Waals surface area contributed by atoms with E-state index in [-0.39, 0.29) is 23.0 Å². The predicted octanol–water partition coefficient (Wildman–Crippen LogP) is 5.51. The van der Waals surface area contributed by atoms with Crippen molar-refractivity contribution in [3.63, 3.8) is 0 Å². The number of anilines is 2. The zero-order valence-corrected chi connectivity index (χ0v) is 24.8. The molecule has 0 radical (unpaired) electrons. The summed E-state index contributed by atoms with van der Waals surface area (Å²) >= 11 is 3.45. The first-order chi connectivity index (χ1) is 19.1. The lowest BCUT2D eigenvalue weighted by Crippen LogP contribution is -2.29. The quantitative estimate of drug-likeness (QED) is 0.227.